The molecule has 2 amide bonds. The van der Waals surface area contributed by atoms with Gasteiger partial charge < -0.3 is 15.4 Å². The largest absolute Gasteiger partial charge is 0.497 e. The predicted octanol–water partition coefficient (Wildman–Crippen LogP) is 1.43. The Morgan fingerprint density at radius 3 is 2.88 bits per heavy atom. The molecular formula is C17H23N5O3. The van der Waals surface area contributed by atoms with E-state index in [1.165, 1.54) is 4.68 Å². The fraction of sp³-hybridized carbons (Fsp3) is 0.471. The maximum atomic E-state index is 12.3. The summed E-state index contributed by atoms with van der Waals surface area (Å²) in [5, 5.41) is 10.1. The fourth-order valence-electron chi connectivity index (χ4n) is 3.09. The highest BCUT2D eigenvalue weighted by Crippen LogP contribution is 2.21. The molecule has 1 atom stereocenters. The van der Waals surface area contributed by atoms with Crippen LogP contribution in [-0.2, 0) is 20.0 Å². The molecule has 8 heteroatoms. The van der Waals surface area contributed by atoms with Crippen molar-refractivity contribution in [1.29, 1.82) is 0 Å². The van der Waals surface area contributed by atoms with Crippen molar-refractivity contribution in [3.05, 3.63) is 40.1 Å². The van der Waals surface area contributed by atoms with Crippen molar-refractivity contribution in [3.63, 3.8) is 0 Å². The fourth-order valence-corrected chi connectivity index (χ4v) is 3.09. The monoisotopic (exact) mass is 345 g/mol. The molecule has 134 valence electrons. The first kappa shape index (κ1) is 17.1. The maximum absolute atomic E-state index is 12.3. The molecule has 0 fully saturated rings. The molecule has 0 aliphatic carbocycles. The number of nitrogens with zero attached hydrogens (tertiary/aromatic N) is 3. The van der Waals surface area contributed by atoms with Gasteiger partial charge in [-0.3, -0.25) is 4.57 Å². The number of aromatic nitrogens is 3. The number of carbonyl (C=O) groups is 1. The number of fused-ring (bicyclic) bond motifs is 1. The van der Waals surface area contributed by atoms with Gasteiger partial charge in [0.15, 0.2) is 0 Å². The average molecular weight is 345 g/mol. The van der Waals surface area contributed by atoms with Crippen LogP contribution in [0.2, 0.25) is 0 Å². The van der Waals surface area contributed by atoms with Crippen molar-refractivity contribution >= 4 is 11.7 Å². The molecule has 1 unspecified atom stereocenters. The molecule has 2 N–H and O–H groups in total. The third kappa shape index (κ3) is 3.67. The van der Waals surface area contributed by atoms with Crippen LogP contribution in [-0.4, -0.2) is 33.5 Å². The number of methoxy groups -OCH3 is 1. The molecule has 0 spiro atoms. The SMILES string of the molecule is COc1ccc(NC(=O)NC2CCc3nn(C)c(=O)n3CC2)c(C)c1. The molecule has 2 heterocycles. The highest BCUT2D eigenvalue weighted by atomic mass is 16.5. The Kier molecular flexibility index (Phi) is 4.78. The minimum Gasteiger partial charge on any atom is -0.497 e. The van der Waals surface area contributed by atoms with Crippen LogP contribution in [0, 0.1) is 6.92 Å². The van der Waals surface area contributed by atoms with Gasteiger partial charge in [-0.15, -0.1) is 0 Å². The second-order valence-electron chi connectivity index (χ2n) is 6.28. The highest BCUT2D eigenvalue weighted by molar-refractivity contribution is 5.90. The predicted molar refractivity (Wildman–Crippen MR) is 94.1 cm³/mol. The molecule has 0 bridgehead atoms. The molecule has 0 saturated heterocycles. The normalized spacial score (nSPS) is 16.7. The lowest BCUT2D eigenvalue weighted by Gasteiger charge is -2.17. The molecule has 1 aromatic heterocycles. The van der Waals surface area contributed by atoms with Crippen LogP contribution in [0.3, 0.4) is 0 Å². The first-order valence-electron chi connectivity index (χ1n) is 8.33. The van der Waals surface area contributed by atoms with Crippen LogP contribution in [0.15, 0.2) is 23.0 Å². The summed E-state index contributed by atoms with van der Waals surface area (Å²) in [6, 6.07) is 5.26. The number of carbonyl (C=O) groups excluding carboxylic acids is 1. The lowest BCUT2D eigenvalue weighted by atomic mass is 10.1. The first-order valence-corrected chi connectivity index (χ1v) is 8.33. The Balaban J connectivity index is 1.60. The van der Waals surface area contributed by atoms with E-state index in [0.717, 1.165) is 29.2 Å². The van der Waals surface area contributed by atoms with E-state index in [0.29, 0.717) is 19.4 Å². The number of anilines is 1. The van der Waals surface area contributed by atoms with Gasteiger partial charge in [0.05, 0.1) is 7.11 Å². The second-order valence-corrected chi connectivity index (χ2v) is 6.28. The summed E-state index contributed by atoms with van der Waals surface area (Å²) in [6.07, 6.45) is 2.13. The Labute approximate surface area is 145 Å². The number of hydrogen-bond acceptors (Lipinski definition) is 4. The summed E-state index contributed by atoms with van der Waals surface area (Å²) >= 11 is 0. The van der Waals surface area contributed by atoms with Crippen LogP contribution >= 0.6 is 0 Å². The lowest BCUT2D eigenvalue weighted by Crippen LogP contribution is -2.38. The third-order valence-corrected chi connectivity index (χ3v) is 4.52. The van der Waals surface area contributed by atoms with Crippen LogP contribution in [0.25, 0.3) is 0 Å². The first-order chi connectivity index (χ1) is 12.0. The second kappa shape index (κ2) is 7.00. The van der Waals surface area contributed by atoms with Crippen molar-refractivity contribution in [3.8, 4) is 5.75 Å². The van der Waals surface area contributed by atoms with E-state index >= 15 is 0 Å². The van der Waals surface area contributed by atoms with Crippen molar-refractivity contribution in [2.75, 3.05) is 12.4 Å². The van der Waals surface area contributed by atoms with E-state index in [9.17, 15) is 9.59 Å². The van der Waals surface area contributed by atoms with Gasteiger partial charge in [0.25, 0.3) is 0 Å². The van der Waals surface area contributed by atoms with E-state index in [-0.39, 0.29) is 17.8 Å². The summed E-state index contributed by atoms with van der Waals surface area (Å²) in [6.45, 7) is 2.48. The van der Waals surface area contributed by atoms with E-state index in [1.807, 2.05) is 25.1 Å². The van der Waals surface area contributed by atoms with Gasteiger partial charge in [-0.05, 0) is 43.5 Å². The van der Waals surface area contributed by atoms with Gasteiger partial charge >= 0.3 is 11.7 Å². The number of benzene rings is 1. The molecule has 1 aliphatic rings. The molecule has 2 aromatic rings. The number of aryl methyl sites for hydroxylation is 3. The van der Waals surface area contributed by atoms with Crippen molar-refractivity contribution in [1.82, 2.24) is 19.7 Å². The van der Waals surface area contributed by atoms with E-state index < -0.39 is 0 Å². The van der Waals surface area contributed by atoms with Crippen LogP contribution in [0.5, 0.6) is 5.75 Å². The molecule has 8 nitrogen and oxygen atoms in total. The Morgan fingerprint density at radius 1 is 1.36 bits per heavy atom. The zero-order chi connectivity index (χ0) is 18.0. The molecule has 25 heavy (non-hydrogen) atoms. The van der Waals surface area contributed by atoms with E-state index in [4.69, 9.17) is 4.74 Å². The van der Waals surface area contributed by atoms with Crippen molar-refractivity contribution in [2.24, 2.45) is 7.05 Å². The van der Waals surface area contributed by atoms with Gasteiger partial charge in [0.2, 0.25) is 0 Å². The summed E-state index contributed by atoms with van der Waals surface area (Å²) < 4.78 is 8.22. The van der Waals surface area contributed by atoms with Gasteiger partial charge in [0.1, 0.15) is 11.6 Å². The Bertz CT molecular complexity index is 839. The highest BCUT2D eigenvalue weighted by Gasteiger charge is 2.21. The van der Waals surface area contributed by atoms with Gasteiger partial charge in [0, 0.05) is 31.7 Å². The van der Waals surface area contributed by atoms with Crippen LogP contribution in [0.4, 0.5) is 10.5 Å². The number of amides is 2. The number of urea groups is 1. The molecular weight excluding hydrogens is 322 g/mol. The number of nitrogens with one attached hydrogen (secondary N) is 2. The minimum absolute atomic E-state index is 0.00459. The Hall–Kier alpha value is -2.77. The molecule has 3 rings (SSSR count). The molecule has 0 radical (unpaired) electrons. The molecule has 1 aliphatic heterocycles. The Morgan fingerprint density at radius 2 is 2.16 bits per heavy atom. The maximum Gasteiger partial charge on any atom is 0.345 e. The average Bonchev–Trinajstić information content (AvgIpc) is 2.74. The van der Waals surface area contributed by atoms with Gasteiger partial charge in [-0.1, -0.05) is 0 Å². The zero-order valence-corrected chi connectivity index (χ0v) is 14.7. The molecule has 0 saturated carbocycles. The van der Waals surface area contributed by atoms with Crippen LogP contribution in [0.1, 0.15) is 24.2 Å². The minimum atomic E-state index is -0.245. The summed E-state index contributed by atoms with van der Waals surface area (Å²) in [7, 11) is 3.27. The summed E-state index contributed by atoms with van der Waals surface area (Å²) in [5.74, 6) is 1.53. The van der Waals surface area contributed by atoms with Gasteiger partial charge in [-0.2, -0.15) is 5.10 Å². The molecule has 1 aromatic carbocycles. The van der Waals surface area contributed by atoms with Gasteiger partial charge in [-0.25, -0.2) is 14.3 Å². The smallest absolute Gasteiger partial charge is 0.345 e. The summed E-state index contributed by atoms with van der Waals surface area (Å²) in [5.41, 5.74) is 1.57. The third-order valence-electron chi connectivity index (χ3n) is 4.52. The summed E-state index contributed by atoms with van der Waals surface area (Å²) in [4.78, 5) is 24.3. The van der Waals surface area contributed by atoms with Crippen LogP contribution < -0.4 is 21.1 Å². The number of hydrogen-bond donors (Lipinski definition) is 2. The zero-order valence-electron chi connectivity index (χ0n) is 14.7. The topological polar surface area (TPSA) is 90.2 Å². The quantitative estimate of drug-likeness (QED) is 0.880. The lowest BCUT2D eigenvalue weighted by molar-refractivity contribution is 0.247. The standard InChI is InChI=1S/C17H23N5O3/c1-11-10-13(25-3)5-6-14(11)19-16(23)18-12-4-7-15-20-21(2)17(24)22(15)9-8-12/h5-6,10,12H,4,7-9H2,1-3H3,(H2,18,19,23). The number of rotatable bonds is 3. The van der Waals surface area contributed by atoms with Crippen molar-refractivity contribution < 1.29 is 9.53 Å². The number of ether oxygens (including phenoxy) is 1. The van der Waals surface area contributed by atoms with E-state index in [1.54, 1.807) is 18.7 Å². The van der Waals surface area contributed by atoms with E-state index in [2.05, 4.69) is 15.7 Å². The van der Waals surface area contributed by atoms with Crippen molar-refractivity contribution in [2.45, 2.75) is 38.8 Å².